The van der Waals surface area contributed by atoms with Crippen molar-refractivity contribution in [2.75, 3.05) is 26.8 Å². The second kappa shape index (κ2) is 7.22. The molecule has 5 heteroatoms. The maximum Gasteiger partial charge on any atom is 0.335 e. The Labute approximate surface area is 124 Å². The van der Waals surface area contributed by atoms with Crippen molar-refractivity contribution in [1.82, 2.24) is 4.90 Å². The summed E-state index contributed by atoms with van der Waals surface area (Å²) in [5, 5.41) is 9.15. The number of rotatable bonds is 5. The lowest BCUT2D eigenvalue weighted by molar-refractivity contribution is -0.138. The van der Waals surface area contributed by atoms with Gasteiger partial charge in [0.05, 0.1) is 18.1 Å². The summed E-state index contributed by atoms with van der Waals surface area (Å²) in [4.78, 5) is 25.1. The molecule has 0 spiro atoms. The predicted octanol–water partition coefficient (Wildman–Crippen LogP) is 1.81. The molecule has 1 amide bonds. The van der Waals surface area contributed by atoms with Crippen LogP contribution >= 0.6 is 0 Å². The lowest BCUT2D eigenvalue weighted by Crippen LogP contribution is -2.38. The second-order valence-corrected chi connectivity index (χ2v) is 5.39. The third kappa shape index (κ3) is 4.04. The molecule has 2 rings (SSSR count). The Morgan fingerprint density at radius 3 is 2.81 bits per heavy atom. The van der Waals surface area contributed by atoms with E-state index in [0.717, 1.165) is 25.0 Å². The van der Waals surface area contributed by atoms with Crippen molar-refractivity contribution in [2.45, 2.75) is 19.3 Å². The summed E-state index contributed by atoms with van der Waals surface area (Å²) in [6.07, 6.45) is 2.33. The van der Waals surface area contributed by atoms with Gasteiger partial charge in [0.1, 0.15) is 0 Å². The van der Waals surface area contributed by atoms with Crippen LogP contribution in [0.25, 0.3) is 0 Å². The molecule has 0 aromatic heterocycles. The third-order valence-corrected chi connectivity index (χ3v) is 3.85. The third-order valence-electron chi connectivity index (χ3n) is 3.85. The molecule has 1 atom stereocenters. The summed E-state index contributed by atoms with van der Waals surface area (Å²) in [7, 11) is 1.76. The smallest absolute Gasteiger partial charge is 0.335 e. The molecule has 21 heavy (non-hydrogen) atoms. The summed E-state index contributed by atoms with van der Waals surface area (Å²) < 4.78 is 5.34. The highest BCUT2D eigenvalue weighted by molar-refractivity contribution is 5.89. The Kier molecular flexibility index (Phi) is 5.33. The number of nitrogens with zero attached hydrogens (tertiary/aromatic N) is 1. The normalized spacial score (nSPS) is 18.2. The van der Waals surface area contributed by atoms with Crippen LogP contribution in [0.5, 0.6) is 0 Å². The zero-order chi connectivity index (χ0) is 15.2. The van der Waals surface area contributed by atoms with Crippen LogP contribution in [0.4, 0.5) is 0 Å². The second-order valence-electron chi connectivity index (χ2n) is 5.39. The molecule has 1 fully saturated rings. The van der Waals surface area contributed by atoms with Crippen LogP contribution < -0.4 is 0 Å². The first kappa shape index (κ1) is 15.5. The molecular weight excluding hydrogens is 270 g/mol. The van der Waals surface area contributed by atoms with Crippen molar-refractivity contribution >= 4 is 11.9 Å². The van der Waals surface area contributed by atoms with Gasteiger partial charge in [0, 0.05) is 20.2 Å². The van der Waals surface area contributed by atoms with Gasteiger partial charge >= 0.3 is 5.97 Å². The summed E-state index contributed by atoms with van der Waals surface area (Å²) >= 11 is 0. The van der Waals surface area contributed by atoms with Gasteiger partial charge in [0.2, 0.25) is 5.91 Å². The number of amides is 1. The minimum absolute atomic E-state index is 0.0570. The fourth-order valence-electron chi connectivity index (χ4n) is 2.59. The van der Waals surface area contributed by atoms with E-state index in [1.807, 2.05) is 6.07 Å². The van der Waals surface area contributed by atoms with E-state index in [-0.39, 0.29) is 11.8 Å². The van der Waals surface area contributed by atoms with Gasteiger partial charge in [-0.3, -0.25) is 4.79 Å². The molecular formula is C16H21NO4. The number of carboxylic acids is 1. The van der Waals surface area contributed by atoms with Crippen molar-refractivity contribution in [1.29, 1.82) is 0 Å². The number of carbonyl (C=O) groups excluding carboxylic acids is 1. The van der Waals surface area contributed by atoms with Gasteiger partial charge in [-0.05, 0) is 30.9 Å². The van der Waals surface area contributed by atoms with E-state index in [4.69, 9.17) is 9.84 Å². The molecule has 1 aliphatic rings. The predicted molar refractivity (Wildman–Crippen MR) is 78.3 cm³/mol. The first-order valence-electron chi connectivity index (χ1n) is 7.23. The summed E-state index contributed by atoms with van der Waals surface area (Å²) in [5.74, 6) is -0.902. The Balaban J connectivity index is 1.93. The van der Waals surface area contributed by atoms with Crippen LogP contribution in [-0.2, 0) is 16.0 Å². The zero-order valence-electron chi connectivity index (χ0n) is 12.2. The molecule has 0 saturated carbocycles. The molecule has 114 valence electrons. The summed E-state index contributed by atoms with van der Waals surface area (Å²) in [6, 6.07) is 6.92. The summed E-state index contributed by atoms with van der Waals surface area (Å²) in [6.45, 7) is 1.74. The molecule has 1 aliphatic heterocycles. The number of ether oxygens (including phenoxy) is 1. The largest absolute Gasteiger partial charge is 0.478 e. The summed E-state index contributed by atoms with van der Waals surface area (Å²) in [5.41, 5.74) is 1.06. The Bertz CT molecular complexity index is 509. The van der Waals surface area contributed by atoms with E-state index in [2.05, 4.69) is 0 Å². The molecule has 1 aromatic carbocycles. The fourth-order valence-corrected chi connectivity index (χ4v) is 2.59. The van der Waals surface area contributed by atoms with Gasteiger partial charge in [0.15, 0.2) is 0 Å². The highest BCUT2D eigenvalue weighted by Crippen LogP contribution is 2.16. The zero-order valence-corrected chi connectivity index (χ0v) is 12.2. The molecule has 1 heterocycles. The minimum Gasteiger partial charge on any atom is -0.478 e. The van der Waals surface area contributed by atoms with Gasteiger partial charge in [-0.25, -0.2) is 4.79 Å². The molecule has 1 N–H and O–H groups in total. The molecule has 1 saturated heterocycles. The Morgan fingerprint density at radius 2 is 2.14 bits per heavy atom. The molecule has 5 nitrogen and oxygen atoms in total. The molecule has 0 aliphatic carbocycles. The van der Waals surface area contributed by atoms with Gasteiger partial charge in [0.25, 0.3) is 0 Å². The van der Waals surface area contributed by atoms with Crippen molar-refractivity contribution < 1.29 is 19.4 Å². The first-order valence-corrected chi connectivity index (χ1v) is 7.23. The van der Waals surface area contributed by atoms with Crippen LogP contribution in [0.3, 0.4) is 0 Å². The van der Waals surface area contributed by atoms with Gasteiger partial charge < -0.3 is 14.7 Å². The monoisotopic (exact) mass is 291 g/mol. The minimum atomic E-state index is -0.930. The number of carboxylic acid groups (broad SMARTS) is 1. The highest BCUT2D eigenvalue weighted by atomic mass is 16.5. The first-order chi connectivity index (χ1) is 10.1. The van der Waals surface area contributed by atoms with Gasteiger partial charge in [-0.15, -0.1) is 0 Å². The highest BCUT2D eigenvalue weighted by Gasteiger charge is 2.24. The number of likely N-dealkylation sites (N-methyl/N-ethyl adjacent to an activating group) is 1. The number of benzene rings is 1. The lowest BCUT2D eigenvalue weighted by Gasteiger charge is -2.26. The van der Waals surface area contributed by atoms with Gasteiger partial charge in [-0.2, -0.15) is 0 Å². The average Bonchev–Trinajstić information content (AvgIpc) is 2.52. The number of aromatic carboxylic acids is 1. The van der Waals surface area contributed by atoms with E-state index in [0.29, 0.717) is 25.1 Å². The van der Waals surface area contributed by atoms with Crippen LogP contribution in [0.1, 0.15) is 28.8 Å². The fraction of sp³-hybridized carbons (Fsp3) is 0.500. The van der Waals surface area contributed by atoms with Crippen molar-refractivity contribution in [2.24, 2.45) is 5.92 Å². The van der Waals surface area contributed by atoms with Crippen LogP contribution in [0, 0.1) is 5.92 Å². The maximum atomic E-state index is 12.3. The number of hydrogen-bond donors (Lipinski definition) is 1. The maximum absolute atomic E-state index is 12.3. The van der Waals surface area contributed by atoms with E-state index in [9.17, 15) is 9.59 Å². The molecule has 1 unspecified atom stereocenters. The Morgan fingerprint density at radius 1 is 1.38 bits per heavy atom. The SMILES string of the molecule is CN(CCc1ccccc1C(=O)O)C(=O)C1CCCOC1. The average molecular weight is 291 g/mol. The van der Waals surface area contributed by atoms with Crippen molar-refractivity contribution in [3.05, 3.63) is 35.4 Å². The number of hydrogen-bond acceptors (Lipinski definition) is 3. The standard InChI is InChI=1S/C16H21NO4/c1-17(15(18)13-6-4-10-21-11-13)9-8-12-5-2-3-7-14(12)16(19)20/h2-3,5,7,13H,4,6,8-11H2,1H3,(H,19,20). The van der Waals surface area contributed by atoms with Crippen LogP contribution in [-0.4, -0.2) is 48.7 Å². The van der Waals surface area contributed by atoms with E-state index < -0.39 is 5.97 Å². The molecule has 0 radical (unpaired) electrons. The van der Waals surface area contributed by atoms with E-state index in [1.165, 1.54) is 0 Å². The molecule has 0 bridgehead atoms. The van der Waals surface area contributed by atoms with Crippen molar-refractivity contribution in [3.63, 3.8) is 0 Å². The van der Waals surface area contributed by atoms with E-state index in [1.54, 1.807) is 30.1 Å². The van der Waals surface area contributed by atoms with Crippen LogP contribution in [0.15, 0.2) is 24.3 Å². The van der Waals surface area contributed by atoms with E-state index >= 15 is 0 Å². The van der Waals surface area contributed by atoms with Crippen molar-refractivity contribution in [3.8, 4) is 0 Å². The lowest BCUT2D eigenvalue weighted by atomic mass is 10.00. The van der Waals surface area contributed by atoms with Gasteiger partial charge in [-0.1, -0.05) is 18.2 Å². The quantitative estimate of drug-likeness (QED) is 0.898. The number of carbonyl (C=O) groups is 2. The Hall–Kier alpha value is -1.88. The van der Waals surface area contributed by atoms with Crippen LogP contribution in [0.2, 0.25) is 0 Å². The molecule has 1 aromatic rings. The topological polar surface area (TPSA) is 66.8 Å².